The molecule has 1 atom stereocenters. The van der Waals surface area contributed by atoms with Gasteiger partial charge in [0.1, 0.15) is 0 Å². The third-order valence-corrected chi connectivity index (χ3v) is 3.60. The van der Waals surface area contributed by atoms with Crippen LogP contribution in [-0.4, -0.2) is 11.0 Å². The SMILES string of the molecule is Cc1cccc(C)c1Nc1nc(CC(C)N)cs1. The summed E-state index contributed by atoms with van der Waals surface area (Å²) in [6.07, 6.45) is 0.824. The van der Waals surface area contributed by atoms with Crippen LogP contribution in [0.25, 0.3) is 0 Å². The highest BCUT2D eigenvalue weighted by molar-refractivity contribution is 7.13. The number of nitrogens with zero attached hydrogens (tertiary/aromatic N) is 1. The van der Waals surface area contributed by atoms with Crippen molar-refractivity contribution in [2.75, 3.05) is 5.32 Å². The van der Waals surface area contributed by atoms with Crippen LogP contribution in [0.2, 0.25) is 0 Å². The molecule has 0 saturated carbocycles. The second kappa shape index (κ2) is 5.50. The maximum Gasteiger partial charge on any atom is 0.187 e. The van der Waals surface area contributed by atoms with E-state index in [4.69, 9.17) is 5.73 Å². The lowest BCUT2D eigenvalue weighted by Crippen LogP contribution is -2.17. The number of para-hydroxylation sites is 1. The highest BCUT2D eigenvalue weighted by Crippen LogP contribution is 2.26. The lowest BCUT2D eigenvalue weighted by molar-refractivity contribution is 0.726. The fourth-order valence-corrected chi connectivity index (χ4v) is 2.63. The van der Waals surface area contributed by atoms with E-state index in [-0.39, 0.29) is 6.04 Å². The van der Waals surface area contributed by atoms with E-state index < -0.39 is 0 Å². The molecule has 0 bridgehead atoms. The minimum absolute atomic E-state index is 0.153. The molecule has 4 heteroatoms. The van der Waals surface area contributed by atoms with Gasteiger partial charge in [0.15, 0.2) is 5.13 Å². The summed E-state index contributed by atoms with van der Waals surface area (Å²) < 4.78 is 0. The number of aryl methyl sites for hydroxylation is 2. The van der Waals surface area contributed by atoms with Crippen LogP contribution in [0.4, 0.5) is 10.8 Å². The van der Waals surface area contributed by atoms with Crippen LogP contribution >= 0.6 is 11.3 Å². The van der Waals surface area contributed by atoms with Crippen LogP contribution in [0.15, 0.2) is 23.6 Å². The topological polar surface area (TPSA) is 50.9 Å². The van der Waals surface area contributed by atoms with Crippen molar-refractivity contribution in [1.29, 1.82) is 0 Å². The second-order valence-electron chi connectivity index (χ2n) is 4.72. The van der Waals surface area contributed by atoms with Crippen molar-refractivity contribution in [3.05, 3.63) is 40.4 Å². The van der Waals surface area contributed by atoms with E-state index in [1.165, 1.54) is 11.1 Å². The Morgan fingerprint density at radius 3 is 2.61 bits per heavy atom. The zero-order chi connectivity index (χ0) is 13.1. The van der Waals surface area contributed by atoms with Crippen LogP contribution in [-0.2, 0) is 6.42 Å². The number of rotatable bonds is 4. The molecule has 96 valence electrons. The van der Waals surface area contributed by atoms with Gasteiger partial charge in [0, 0.05) is 23.5 Å². The molecular weight excluding hydrogens is 242 g/mol. The summed E-state index contributed by atoms with van der Waals surface area (Å²) in [5.74, 6) is 0. The molecule has 18 heavy (non-hydrogen) atoms. The van der Waals surface area contributed by atoms with E-state index >= 15 is 0 Å². The van der Waals surface area contributed by atoms with E-state index in [0.29, 0.717) is 0 Å². The Labute approximate surface area is 112 Å². The summed E-state index contributed by atoms with van der Waals surface area (Å²) in [5.41, 5.74) is 10.5. The average Bonchev–Trinajstić information content (AvgIpc) is 2.70. The predicted octanol–water partition coefficient (Wildman–Crippen LogP) is 3.39. The van der Waals surface area contributed by atoms with Gasteiger partial charge in [-0.25, -0.2) is 4.98 Å². The largest absolute Gasteiger partial charge is 0.331 e. The van der Waals surface area contributed by atoms with Gasteiger partial charge in [-0.3, -0.25) is 0 Å². The summed E-state index contributed by atoms with van der Waals surface area (Å²) >= 11 is 1.63. The monoisotopic (exact) mass is 261 g/mol. The van der Waals surface area contributed by atoms with Gasteiger partial charge in [-0.1, -0.05) is 18.2 Å². The number of anilines is 2. The molecule has 1 heterocycles. The third-order valence-electron chi connectivity index (χ3n) is 2.80. The Balaban J connectivity index is 2.16. The van der Waals surface area contributed by atoms with Crippen LogP contribution < -0.4 is 11.1 Å². The molecule has 1 aromatic carbocycles. The molecule has 0 amide bonds. The van der Waals surface area contributed by atoms with Gasteiger partial charge in [-0.2, -0.15) is 0 Å². The van der Waals surface area contributed by atoms with E-state index in [1.807, 2.05) is 6.92 Å². The third kappa shape index (κ3) is 3.09. The highest BCUT2D eigenvalue weighted by atomic mass is 32.1. The van der Waals surface area contributed by atoms with Crippen molar-refractivity contribution < 1.29 is 0 Å². The van der Waals surface area contributed by atoms with E-state index in [9.17, 15) is 0 Å². The number of benzene rings is 1. The zero-order valence-electron chi connectivity index (χ0n) is 11.0. The standard InChI is InChI=1S/C14H19N3S/c1-9-5-4-6-10(2)13(9)17-14-16-12(8-18-14)7-11(3)15/h4-6,8,11H,7,15H2,1-3H3,(H,16,17). The lowest BCUT2D eigenvalue weighted by Gasteiger charge is -2.09. The predicted molar refractivity (Wildman–Crippen MR) is 78.7 cm³/mol. The Morgan fingerprint density at radius 2 is 2.00 bits per heavy atom. The maximum absolute atomic E-state index is 5.78. The van der Waals surface area contributed by atoms with Crippen molar-refractivity contribution in [2.24, 2.45) is 5.73 Å². The second-order valence-corrected chi connectivity index (χ2v) is 5.58. The molecule has 2 rings (SSSR count). The molecule has 3 N–H and O–H groups in total. The van der Waals surface area contributed by atoms with Crippen LogP contribution in [0.5, 0.6) is 0 Å². The van der Waals surface area contributed by atoms with E-state index in [2.05, 4.69) is 47.7 Å². The Morgan fingerprint density at radius 1 is 1.33 bits per heavy atom. The fourth-order valence-electron chi connectivity index (χ4n) is 1.91. The van der Waals surface area contributed by atoms with Gasteiger partial charge in [0.05, 0.1) is 5.69 Å². The minimum atomic E-state index is 0.153. The first-order valence-electron chi connectivity index (χ1n) is 6.09. The van der Waals surface area contributed by atoms with Gasteiger partial charge >= 0.3 is 0 Å². The molecule has 0 saturated heterocycles. The van der Waals surface area contributed by atoms with Crippen molar-refractivity contribution in [1.82, 2.24) is 4.98 Å². The molecule has 0 aliphatic heterocycles. The van der Waals surface area contributed by atoms with Gasteiger partial charge in [0.2, 0.25) is 0 Å². The number of hydrogen-bond acceptors (Lipinski definition) is 4. The van der Waals surface area contributed by atoms with Crippen molar-refractivity contribution in [3.63, 3.8) is 0 Å². The Kier molecular flexibility index (Phi) is 3.99. The van der Waals surface area contributed by atoms with Gasteiger partial charge in [0.25, 0.3) is 0 Å². The zero-order valence-corrected chi connectivity index (χ0v) is 11.8. The summed E-state index contributed by atoms with van der Waals surface area (Å²) in [6.45, 7) is 6.20. The molecular formula is C14H19N3S. The average molecular weight is 261 g/mol. The van der Waals surface area contributed by atoms with E-state index in [1.54, 1.807) is 11.3 Å². The number of nitrogens with one attached hydrogen (secondary N) is 1. The lowest BCUT2D eigenvalue weighted by atomic mass is 10.1. The van der Waals surface area contributed by atoms with Crippen LogP contribution in [0.1, 0.15) is 23.7 Å². The van der Waals surface area contributed by atoms with Crippen LogP contribution in [0.3, 0.4) is 0 Å². The maximum atomic E-state index is 5.78. The Bertz CT molecular complexity index is 511. The highest BCUT2D eigenvalue weighted by Gasteiger charge is 2.07. The normalized spacial score (nSPS) is 12.4. The number of aromatic nitrogens is 1. The van der Waals surface area contributed by atoms with Crippen molar-refractivity contribution >= 4 is 22.2 Å². The van der Waals surface area contributed by atoms with Gasteiger partial charge in [-0.15, -0.1) is 11.3 Å². The smallest absolute Gasteiger partial charge is 0.187 e. The van der Waals surface area contributed by atoms with Gasteiger partial charge in [-0.05, 0) is 31.9 Å². The molecule has 0 fully saturated rings. The molecule has 0 spiro atoms. The number of nitrogens with two attached hydrogens (primary N) is 1. The first-order chi connectivity index (χ1) is 8.56. The summed E-state index contributed by atoms with van der Waals surface area (Å²) in [7, 11) is 0. The number of hydrogen-bond donors (Lipinski definition) is 2. The molecule has 1 aromatic heterocycles. The van der Waals surface area contributed by atoms with Gasteiger partial charge < -0.3 is 11.1 Å². The number of thiazole rings is 1. The summed E-state index contributed by atoms with van der Waals surface area (Å²) in [6, 6.07) is 6.43. The molecule has 1 unspecified atom stereocenters. The van der Waals surface area contributed by atoms with Crippen molar-refractivity contribution in [2.45, 2.75) is 33.2 Å². The first kappa shape index (κ1) is 13.1. The fraction of sp³-hybridized carbons (Fsp3) is 0.357. The Hall–Kier alpha value is -1.39. The summed E-state index contributed by atoms with van der Waals surface area (Å²) in [4.78, 5) is 4.56. The molecule has 0 radical (unpaired) electrons. The van der Waals surface area contributed by atoms with Crippen molar-refractivity contribution in [3.8, 4) is 0 Å². The molecule has 0 aliphatic carbocycles. The molecule has 0 aliphatic rings. The summed E-state index contributed by atoms with van der Waals surface area (Å²) in [5, 5.41) is 6.40. The molecule has 2 aromatic rings. The van der Waals surface area contributed by atoms with E-state index in [0.717, 1.165) is 22.9 Å². The molecule has 3 nitrogen and oxygen atoms in total. The minimum Gasteiger partial charge on any atom is -0.331 e. The quantitative estimate of drug-likeness (QED) is 0.887. The van der Waals surface area contributed by atoms with Crippen LogP contribution in [0, 0.1) is 13.8 Å². The first-order valence-corrected chi connectivity index (χ1v) is 6.97.